The SMILES string of the molecule is CSCCN1CCC(c2ccc3[nH]c(-c4cc(C)c5nncn5c4)c(C(C)C)c3c2)CC1. The molecule has 4 heterocycles. The van der Waals surface area contributed by atoms with Gasteiger partial charge in [-0.15, -0.1) is 10.2 Å². The van der Waals surface area contributed by atoms with Gasteiger partial charge in [0.25, 0.3) is 0 Å². The van der Waals surface area contributed by atoms with Crippen LogP contribution < -0.4 is 0 Å². The van der Waals surface area contributed by atoms with Gasteiger partial charge in [0.1, 0.15) is 6.33 Å². The molecular weight excluding hydrogens is 414 g/mol. The fourth-order valence-electron chi connectivity index (χ4n) is 5.26. The minimum Gasteiger partial charge on any atom is -0.354 e. The largest absolute Gasteiger partial charge is 0.354 e. The van der Waals surface area contributed by atoms with Gasteiger partial charge < -0.3 is 9.88 Å². The minimum atomic E-state index is 0.430. The van der Waals surface area contributed by atoms with E-state index in [2.05, 4.69) is 77.6 Å². The van der Waals surface area contributed by atoms with Crippen molar-refractivity contribution in [3.05, 3.63) is 53.5 Å². The van der Waals surface area contributed by atoms with Gasteiger partial charge in [-0.1, -0.05) is 19.9 Å². The molecule has 1 saturated heterocycles. The van der Waals surface area contributed by atoms with Crippen LogP contribution in [0.4, 0.5) is 0 Å². The Morgan fingerprint density at radius 1 is 1.19 bits per heavy atom. The third-order valence-corrected chi connectivity index (χ3v) is 7.57. The van der Waals surface area contributed by atoms with Gasteiger partial charge in [0.15, 0.2) is 5.65 Å². The van der Waals surface area contributed by atoms with Crippen LogP contribution in [0.5, 0.6) is 0 Å². The molecule has 5 nitrogen and oxygen atoms in total. The minimum absolute atomic E-state index is 0.430. The summed E-state index contributed by atoms with van der Waals surface area (Å²) in [4.78, 5) is 6.37. The molecule has 0 radical (unpaired) electrons. The lowest BCUT2D eigenvalue weighted by atomic mass is 9.87. The fourth-order valence-corrected chi connectivity index (χ4v) is 5.70. The maximum Gasteiger partial charge on any atom is 0.163 e. The maximum absolute atomic E-state index is 4.24. The number of hydrogen-bond acceptors (Lipinski definition) is 4. The molecule has 32 heavy (non-hydrogen) atoms. The Morgan fingerprint density at radius 2 is 2.00 bits per heavy atom. The van der Waals surface area contributed by atoms with Crippen molar-refractivity contribution in [3.8, 4) is 11.3 Å². The van der Waals surface area contributed by atoms with E-state index in [0.29, 0.717) is 11.8 Å². The zero-order valence-electron chi connectivity index (χ0n) is 19.6. The lowest BCUT2D eigenvalue weighted by Gasteiger charge is -2.32. The van der Waals surface area contributed by atoms with Crippen molar-refractivity contribution in [2.75, 3.05) is 31.6 Å². The Bertz CT molecular complexity index is 1230. The van der Waals surface area contributed by atoms with E-state index in [9.17, 15) is 0 Å². The highest BCUT2D eigenvalue weighted by Crippen LogP contribution is 2.38. The first-order valence-corrected chi connectivity index (χ1v) is 13.1. The Labute approximate surface area is 194 Å². The number of piperidine rings is 1. The highest BCUT2D eigenvalue weighted by molar-refractivity contribution is 7.98. The molecule has 1 aliphatic rings. The van der Waals surface area contributed by atoms with E-state index in [1.807, 2.05) is 16.2 Å². The standard InChI is InChI=1S/C26H33N5S/c1-17(2)24-22-14-20(19-7-9-30(10-8-19)11-12-32-4)5-6-23(22)28-25(24)21-13-18(3)26-29-27-16-31(26)15-21/h5-6,13-17,19,28H,7-12H2,1-4H3. The van der Waals surface area contributed by atoms with E-state index in [1.54, 1.807) is 6.33 Å². The summed E-state index contributed by atoms with van der Waals surface area (Å²) in [5.74, 6) is 2.33. The normalized spacial score (nSPS) is 16.0. The molecule has 1 N–H and O–H groups in total. The van der Waals surface area contributed by atoms with Gasteiger partial charge in [-0.05, 0) is 85.8 Å². The van der Waals surface area contributed by atoms with E-state index < -0.39 is 0 Å². The van der Waals surface area contributed by atoms with Crippen LogP contribution in [0.3, 0.4) is 0 Å². The maximum atomic E-state index is 4.24. The quantitative estimate of drug-likeness (QED) is 0.403. The molecule has 0 aliphatic carbocycles. The molecule has 0 amide bonds. The van der Waals surface area contributed by atoms with Gasteiger partial charge in [0.05, 0.1) is 5.69 Å². The van der Waals surface area contributed by atoms with Crippen LogP contribution in [-0.4, -0.2) is 56.1 Å². The second-order valence-corrected chi connectivity index (χ2v) is 10.4. The predicted octanol–water partition coefficient (Wildman–Crippen LogP) is 5.85. The smallest absolute Gasteiger partial charge is 0.163 e. The summed E-state index contributed by atoms with van der Waals surface area (Å²) in [6, 6.07) is 9.34. The van der Waals surface area contributed by atoms with Crippen molar-refractivity contribution in [1.29, 1.82) is 0 Å². The number of aromatic nitrogens is 4. The lowest BCUT2D eigenvalue weighted by molar-refractivity contribution is 0.224. The van der Waals surface area contributed by atoms with Crippen LogP contribution in [0.2, 0.25) is 0 Å². The van der Waals surface area contributed by atoms with Gasteiger partial charge in [-0.2, -0.15) is 11.8 Å². The molecular formula is C26H33N5S. The zero-order valence-corrected chi connectivity index (χ0v) is 20.4. The van der Waals surface area contributed by atoms with E-state index in [1.165, 1.54) is 71.5 Å². The Hall–Kier alpha value is -2.31. The number of likely N-dealkylation sites (tertiary alicyclic amines) is 1. The first kappa shape index (κ1) is 21.5. The third-order valence-electron chi connectivity index (χ3n) is 6.98. The second kappa shape index (κ2) is 8.91. The molecule has 3 aromatic heterocycles. The van der Waals surface area contributed by atoms with Crippen LogP contribution in [0.25, 0.3) is 27.8 Å². The third kappa shape index (κ3) is 3.95. The van der Waals surface area contributed by atoms with Crippen LogP contribution >= 0.6 is 11.8 Å². The Morgan fingerprint density at radius 3 is 2.75 bits per heavy atom. The number of thioether (sulfide) groups is 1. The van der Waals surface area contributed by atoms with Gasteiger partial charge in [-0.25, -0.2) is 0 Å². The number of aryl methyl sites for hydroxylation is 1. The van der Waals surface area contributed by atoms with E-state index in [-0.39, 0.29) is 0 Å². The molecule has 0 bridgehead atoms. The summed E-state index contributed by atoms with van der Waals surface area (Å²) in [6.07, 6.45) is 8.65. The van der Waals surface area contributed by atoms with Crippen molar-refractivity contribution in [3.63, 3.8) is 0 Å². The number of fused-ring (bicyclic) bond motifs is 2. The van der Waals surface area contributed by atoms with E-state index in [4.69, 9.17) is 0 Å². The molecule has 0 spiro atoms. The van der Waals surface area contributed by atoms with Crippen molar-refractivity contribution in [2.24, 2.45) is 0 Å². The van der Waals surface area contributed by atoms with Crippen LogP contribution in [0.15, 0.2) is 36.8 Å². The molecule has 1 aromatic carbocycles. The van der Waals surface area contributed by atoms with Crippen LogP contribution in [0.1, 0.15) is 55.2 Å². The summed E-state index contributed by atoms with van der Waals surface area (Å²) in [5.41, 5.74) is 8.61. The monoisotopic (exact) mass is 447 g/mol. The van der Waals surface area contributed by atoms with Gasteiger partial charge >= 0.3 is 0 Å². The Balaban J connectivity index is 1.50. The summed E-state index contributed by atoms with van der Waals surface area (Å²) >= 11 is 1.95. The van der Waals surface area contributed by atoms with Crippen LogP contribution in [0, 0.1) is 6.92 Å². The second-order valence-electron chi connectivity index (χ2n) is 9.46. The molecule has 0 saturated carbocycles. The first-order chi connectivity index (χ1) is 15.5. The van der Waals surface area contributed by atoms with Gasteiger partial charge in [-0.3, -0.25) is 4.40 Å². The summed E-state index contributed by atoms with van der Waals surface area (Å²) in [6.45, 7) is 10.4. The molecule has 1 fully saturated rings. The molecule has 1 aliphatic heterocycles. The zero-order chi connectivity index (χ0) is 22.2. The predicted molar refractivity (Wildman–Crippen MR) is 136 cm³/mol. The lowest BCUT2D eigenvalue weighted by Crippen LogP contribution is -2.34. The number of rotatable bonds is 6. The number of benzene rings is 1. The fraction of sp³-hybridized carbons (Fsp3) is 0.462. The van der Waals surface area contributed by atoms with Gasteiger partial charge in [0.2, 0.25) is 0 Å². The molecule has 6 heteroatoms. The molecule has 5 rings (SSSR count). The number of hydrogen-bond donors (Lipinski definition) is 1. The number of H-pyrrole nitrogens is 1. The highest BCUT2D eigenvalue weighted by atomic mass is 32.2. The van der Waals surface area contributed by atoms with E-state index in [0.717, 1.165) is 11.2 Å². The number of nitrogens with one attached hydrogen (secondary N) is 1. The molecule has 0 atom stereocenters. The topological polar surface area (TPSA) is 49.2 Å². The first-order valence-electron chi connectivity index (χ1n) is 11.7. The van der Waals surface area contributed by atoms with E-state index >= 15 is 0 Å². The number of nitrogens with zero attached hydrogens (tertiary/aromatic N) is 4. The van der Waals surface area contributed by atoms with Crippen molar-refractivity contribution in [2.45, 2.75) is 45.4 Å². The summed E-state index contributed by atoms with van der Waals surface area (Å²) in [5, 5.41) is 9.69. The van der Waals surface area contributed by atoms with Crippen molar-refractivity contribution in [1.82, 2.24) is 24.5 Å². The highest BCUT2D eigenvalue weighted by Gasteiger charge is 2.23. The van der Waals surface area contributed by atoms with Crippen LogP contribution in [-0.2, 0) is 0 Å². The van der Waals surface area contributed by atoms with Gasteiger partial charge in [0, 0.05) is 35.0 Å². The molecule has 4 aromatic rings. The summed E-state index contributed by atoms with van der Waals surface area (Å²) in [7, 11) is 0. The van der Waals surface area contributed by atoms with Crippen molar-refractivity contribution < 1.29 is 0 Å². The molecule has 0 unspecified atom stereocenters. The van der Waals surface area contributed by atoms with Crippen molar-refractivity contribution >= 4 is 28.3 Å². The number of pyridine rings is 1. The molecule has 168 valence electrons. The average Bonchev–Trinajstić information content (AvgIpc) is 3.42. The average molecular weight is 448 g/mol. The number of aromatic amines is 1. The summed E-state index contributed by atoms with van der Waals surface area (Å²) < 4.78 is 2.02. The Kier molecular flexibility index (Phi) is 5.99.